The predicted octanol–water partition coefficient (Wildman–Crippen LogP) is 5.28. The Morgan fingerprint density at radius 2 is 1.79 bits per heavy atom. The lowest BCUT2D eigenvalue weighted by Crippen LogP contribution is -2.11. The lowest BCUT2D eigenvalue weighted by Gasteiger charge is -2.17. The number of anilines is 1. The summed E-state index contributed by atoms with van der Waals surface area (Å²) in [6, 6.07) is 15.0. The highest BCUT2D eigenvalue weighted by atomic mass is 79.9. The molecule has 0 aliphatic rings. The summed E-state index contributed by atoms with van der Waals surface area (Å²) in [6.45, 7) is 7.45. The molecule has 1 atom stereocenters. The fourth-order valence-corrected chi connectivity index (χ4v) is 3.11. The summed E-state index contributed by atoms with van der Waals surface area (Å²) in [4.78, 5) is 0. The van der Waals surface area contributed by atoms with E-state index in [1.807, 2.05) is 0 Å². The molecular formula is C17H20BrN. The third-order valence-corrected chi connectivity index (χ3v) is 4.01. The number of hydrogen-bond donors (Lipinski definition) is 1. The first kappa shape index (κ1) is 14.1. The van der Waals surface area contributed by atoms with Crippen molar-refractivity contribution < 1.29 is 0 Å². The maximum Gasteiger partial charge on any atom is 0.0514 e. The summed E-state index contributed by atoms with van der Waals surface area (Å²) in [6.07, 6.45) is 0. The number of halogens is 1. The van der Waals surface area contributed by atoms with E-state index in [0.717, 1.165) is 11.0 Å². The summed E-state index contributed by atoms with van der Waals surface area (Å²) in [5, 5.41) is 3.56. The average molecular weight is 318 g/mol. The van der Waals surface area contributed by atoms with Crippen molar-refractivity contribution in [3.8, 4) is 0 Å². The Bertz CT molecular complexity index is 525. The second-order valence-electron chi connectivity index (χ2n) is 5.13. The maximum absolute atomic E-state index is 3.64. The quantitative estimate of drug-likeness (QED) is 0.808. The monoisotopic (exact) mass is 317 g/mol. The van der Waals surface area contributed by atoms with Crippen LogP contribution in [-0.2, 0) is 0 Å². The molecular weight excluding hydrogens is 298 g/mol. The first-order valence-electron chi connectivity index (χ1n) is 6.63. The molecule has 0 fully saturated rings. The number of rotatable bonds is 4. The van der Waals surface area contributed by atoms with Crippen LogP contribution in [0.15, 0.2) is 46.9 Å². The third-order valence-electron chi connectivity index (χ3n) is 3.39. The van der Waals surface area contributed by atoms with Gasteiger partial charge in [0.05, 0.1) is 5.69 Å². The molecule has 0 amide bonds. The fraction of sp³-hybridized carbons (Fsp3) is 0.294. The standard InChI is InChI=1S/C17H20BrN/c1-12-9-13(2)17(16(18)10-12)19-11-14(3)15-7-5-4-6-8-15/h4-10,14,19H,11H2,1-3H3. The Labute approximate surface area is 124 Å². The molecule has 0 radical (unpaired) electrons. The van der Waals surface area contributed by atoms with Crippen LogP contribution in [0, 0.1) is 13.8 Å². The van der Waals surface area contributed by atoms with Crippen LogP contribution < -0.4 is 5.32 Å². The first-order chi connectivity index (χ1) is 9.08. The topological polar surface area (TPSA) is 12.0 Å². The number of aryl methyl sites for hydroxylation is 2. The van der Waals surface area contributed by atoms with Crippen LogP contribution in [0.3, 0.4) is 0 Å². The van der Waals surface area contributed by atoms with Gasteiger partial charge in [0.15, 0.2) is 0 Å². The van der Waals surface area contributed by atoms with Crippen LogP contribution in [0.2, 0.25) is 0 Å². The highest BCUT2D eigenvalue weighted by Gasteiger charge is 2.08. The zero-order chi connectivity index (χ0) is 13.8. The van der Waals surface area contributed by atoms with Crippen molar-refractivity contribution in [3.63, 3.8) is 0 Å². The smallest absolute Gasteiger partial charge is 0.0514 e. The Kier molecular flexibility index (Phi) is 4.65. The lowest BCUT2D eigenvalue weighted by molar-refractivity contribution is 0.804. The van der Waals surface area contributed by atoms with E-state index in [1.165, 1.54) is 22.4 Å². The van der Waals surface area contributed by atoms with Gasteiger partial charge in [0.2, 0.25) is 0 Å². The summed E-state index contributed by atoms with van der Waals surface area (Å²) in [5.74, 6) is 0.494. The average Bonchev–Trinajstić information content (AvgIpc) is 2.38. The molecule has 2 rings (SSSR count). The van der Waals surface area contributed by atoms with E-state index >= 15 is 0 Å². The van der Waals surface area contributed by atoms with Crippen molar-refractivity contribution in [1.29, 1.82) is 0 Å². The van der Waals surface area contributed by atoms with Gasteiger partial charge in [-0.05, 0) is 58.5 Å². The highest BCUT2D eigenvalue weighted by Crippen LogP contribution is 2.28. The summed E-state index contributed by atoms with van der Waals surface area (Å²) < 4.78 is 1.14. The SMILES string of the molecule is Cc1cc(C)c(NCC(C)c2ccccc2)c(Br)c1. The molecule has 0 aliphatic heterocycles. The zero-order valence-corrected chi connectivity index (χ0v) is 13.3. The van der Waals surface area contributed by atoms with E-state index in [2.05, 4.69) is 84.5 Å². The van der Waals surface area contributed by atoms with E-state index in [1.54, 1.807) is 0 Å². The second kappa shape index (κ2) is 6.25. The molecule has 0 saturated carbocycles. The molecule has 19 heavy (non-hydrogen) atoms. The third kappa shape index (κ3) is 3.60. The van der Waals surface area contributed by atoms with Gasteiger partial charge in [0, 0.05) is 11.0 Å². The molecule has 2 aromatic carbocycles. The van der Waals surface area contributed by atoms with Gasteiger partial charge in [-0.25, -0.2) is 0 Å². The largest absolute Gasteiger partial charge is 0.383 e. The summed E-state index contributed by atoms with van der Waals surface area (Å²) >= 11 is 3.64. The Balaban J connectivity index is 2.07. The highest BCUT2D eigenvalue weighted by molar-refractivity contribution is 9.10. The van der Waals surface area contributed by atoms with Crippen molar-refractivity contribution in [1.82, 2.24) is 0 Å². The van der Waals surface area contributed by atoms with E-state index < -0.39 is 0 Å². The lowest BCUT2D eigenvalue weighted by atomic mass is 10.0. The Hall–Kier alpha value is -1.28. The molecule has 0 saturated heterocycles. The minimum absolute atomic E-state index is 0.494. The van der Waals surface area contributed by atoms with Gasteiger partial charge < -0.3 is 5.32 Å². The molecule has 0 spiro atoms. The van der Waals surface area contributed by atoms with E-state index in [4.69, 9.17) is 0 Å². The number of nitrogens with one attached hydrogen (secondary N) is 1. The Morgan fingerprint density at radius 1 is 1.11 bits per heavy atom. The normalized spacial score (nSPS) is 12.2. The van der Waals surface area contributed by atoms with E-state index in [0.29, 0.717) is 5.92 Å². The van der Waals surface area contributed by atoms with Gasteiger partial charge in [-0.2, -0.15) is 0 Å². The maximum atomic E-state index is 3.64. The van der Waals surface area contributed by atoms with Crippen molar-refractivity contribution in [2.24, 2.45) is 0 Å². The fourth-order valence-electron chi connectivity index (χ4n) is 2.29. The van der Waals surface area contributed by atoms with Crippen LogP contribution in [0.25, 0.3) is 0 Å². The van der Waals surface area contributed by atoms with Crippen molar-refractivity contribution in [2.45, 2.75) is 26.7 Å². The molecule has 0 heterocycles. The van der Waals surface area contributed by atoms with Gasteiger partial charge in [-0.1, -0.05) is 43.3 Å². The number of benzene rings is 2. The van der Waals surface area contributed by atoms with Crippen molar-refractivity contribution >= 4 is 21.6 Å². The van der Waals surface area contributed by atoms with Gasteiger partial charge in [0.25, 0.3) is 0 Å². The van der Waals surface area contributed by atoms with Crippen LogP contribution >= 0.6 is 15.9 Å². The minimum atomic E-state index is 0.494. The second-order valence-corrected chi connectivity index (χ2v) is 5.99. The first-order valence-corrected chi connectivity index (χ1v) is 7.43. The van der Waals surface area contributed by atoms with Gasteiger partial charge in [-0.3, -0.25) is 0 Å². The summed E-state index contributed by atoms with van der Waals surface area (Å²) in [7, 11) is 0. The molecule has 1 N–H and O–H groups in total. The van der Waals surface area contributed by atoms with Crippen LogP contribution in [0.5, 0.6) is 0 Å². The molecule has 1 unspecified atom stereocenters. The van der Waals surface area contributed by atoms with Crippen LogP contribution in [-0.4, -0.2) is 6.54 Å². The zero-order valence-electron chi connectivity index (χ0n) is 11.7. The molecule has 0 aliphatic carbocycles. The van der Waals surface area contributed by atoms with Gasteiger partial charge >= 0.3 is 0 Å². The van der Waals surface area contributed by atoms with E-state index in [9.17, 15) is 0 Å². The van der Waals surface area contributed by atoms with Crippen molar-refractivity contribution in [2.75, 3.05) is 11.9 Å². The van der Waals surface area contributed by atoms with Crippen LogP contribution in [0.4, 0.5) is 5.69 Å². The molecule has 0 aromatic heterocycles. The molecule has 2 heteroatoms. The molecule has 0 bridgehead atoms. The van der Waals surface area contributed by atoms with Crippen molar-refractivity contribution in [3.05, 3.63) is 63.6 Å². The van der Waals surface area contributed by atoms with Crippen LogP contribution in [0.1, 0.15) is 29.5 Å². The summed E-state index contributed by atoms with van der Waals surface area (Å²) in [5.41, 5.74) is 5.14. The van der Waals surface area contributed by atoms with E-state index in [-0.39, 0.29) is 0 Å². The Morgan fingerprint density at radius 3 is 2.42 bits per heavy atom. The molecule has 1 nitrogen and oxygen atoms in total. The number of hydrogen-bond acceptors (Lipinski definition) is 1. The molecule has 100 valence electrons. The molecule has 2 aromatic rings. The van der Waals surface area contributed by atoms with Gasteiger partial charge in [-0.15, -0.1) is 0 Å². The minimum Gasteiger partial charge on any atom is -0.383 e. The predicted molar refractivity (Wildman–Crippen MR) is 87.0 cm³/mol. The van der Waals surface area contributed by atoms with Gasteiger partial charge in [0.1, 0.15) is 0 Å².